The van der Waals surface area contributed by atoms with Crippen LogP contribution >= 0.6 is 0 Å². The molecule has 2 aliphatic rings. The molecule has 2 heterocycles. The van der Waals surface area contributed by atoms with Crippen molar-refractivity contribution in [3.63, 3.8) is 0 Å². The molecule has 0 saturated heterocycles. The second-order valence-corrected chi connectivity index (χ2v) is 7.46. The first-order chi connectivity index (χ1) is 15.1. The van der Waals surface area contributed by atoms with Gasteiger partial charge in [-0.1, -0.05) is 18.2 Å². The SMILES string of the molecule is CCOc1ccc(C2=NN3[C@H](C2)c2ccccc2O[C@H]3c2ccc([N+](=O)[O-])cc2)cc1. The molecule has 7 nitrogen and oxygen atoms in total. The molecule has 0 unspecified atom stereocenters. The maximum atomic E-state index is 11.0. The summed E-state index contributed by atoms with van der Waals surface area (Å²) in [6, 6.07) is 22.4. The van der Waals surface area contributed by atoms with Crippen LogP contribution in [0.4, 0.5) is 5.69 Å². The minimum absolute atomic E-state index is 0.0340. The van der Waals surface area contributed by atoms with Gasteiger partial charge in [0.15, 0.2) is 0 Å². The van der Waals surface area contributed by atoms with Gasteiger partial charge in [0.25, 0.3) is 5.69 Å². The lowest BCUT2D eigenvalue weighted by molar-refractivity contribution is -0.384. The highest BCUT2D eigenvalue weighted by atomic mass is 16.6. The predicted octanol–water partition coefficient (Wildman–Crippen LogP) is 5.24. The highest BCUT2D eigenvalue weighted by molar-refractivity contribution is 6.02. The quantitative estimate of drug-likeness (QED) is 0.421. The van der Waals surface area contributed by atoms with Crippen molar-refractivity contribution in [2.75, 3.05) is 6.61 Å². The molecule has 0 aliphatic carbocycles. The molecule has 7 heteroatoms. The standard InChI is InChI=1S/C24H21N3O4/c1-2-30-19-13-9-16(10-14-19)21-15-22-20-5-3-4-6-23(20)31-24(26(22)25-21)17-7-11-18(12-8-17)27(28)29/h3-14,22,24H,2,15H2,1H3/t22-,24+/m1/s1. The molecule has 3 aromatic rings. The van der Waals surface area contributed by atoms with Crippen LogP contribution in [0.2, 0.25) is 0 Å². The van der Waals surface area contributed by atoms with Crippen molar-refractivity contribution < 1.29 is 14.4 Å². The number of nitro benzene ring substituents is 1. The minimum Gasteiger partial charge on any atom is -0.494 e. The molecule has 31 heavy (non-hydrogen) atoms. The maximum Gasteiger partial charge on any atom is 0.269 e. The van der Waals surface area contributed by atoms with Gasteiger partial charge in [-0.05, 0) is 55.0 Å². The van der Waals surface area contributed by atoms with E-state index < -0.39 is 11.2 Å². The van der Waals surface area contributed by atoms with E-state index in [1.807, 2.05) is 54.4 Å². The fourth-order valence-corrected chi connectivity index (χ4v) is 4.10. The minimum atomic E-state index is -0.457. The van der Waals surface area contributed by atoms with Crippen molar-refractivity contribution >= 4 is 11.4 Å². The van der Waals surface area contributed by atoms with Crippen LogP contribution in [-0.2, 0) is 0 Å². The fraction of sp³-hybridized carbons (Fsp3) is 0.208. The van der Waals surface area contributed by atoms with Gasteiger partial charge >= 0.3 is 0 Å². The van der Waals surface area contributed by atoms with Gasteiger partial charge in [-0.3, -0.25) is 10.1 Å². The number of fused-ring (bicyclic) bond motifs is 3. The Morgan fingerprint density at radius 2 is 1.84 bits per heavy atom. The molecule has 0 fully saturated rings. The number of benzene rings is 3. The number of hydrazone groups is 1. The van der Waals surface area contributed by atoms with E-state index in [0.717, 1.165) is 40.3 Å². The molecule has 2 aliphatic heterocycles. The van der Waals surface area contributed by atoms with E-state index in [2.05, 4.69) is 6.07 Å². The summed E-state index contributed by atoms with van der Waals surface area (Å²) in [7, 11) is 0. The summed E-state index contributed by atoms with van der Waals surface area (Å²) in [4.78, 5) is 10.6. The average molecular weight is 415 g/mol. The number of non-ortho nitro benzene ring substituents is 1. The van der Waals surface area contributed by atoms with Gasteiger partial charge < -0.3 is 9.47 Å². The van der Waals surface area contributed by atoms with Crippen LogP contribution in [0.3, 0.4) is 0 Å². The van der Waals surface area contributed by atoms with Gasteiger partial charge in [0.1, 0.15) is 11.5 Å². The van der Waals surface area contributed by atoms with E-state index in [1.54, 1.807) is 12.1 Å². The highest BCUT2D eigenvalue weighted by Gasteiger charge is 2.40. The molecular weight excluding hydrogens is 394 g/mol. The summed E-state index contributed by atoms with van der Waals surface area (Å²) in [5.74, 6) is 1.65. The Hall–Kier alpha value is -3.87. The van der Waals surface area contributed by atoms with E-state index in [9.17, 15) is 10.1 Å². The molecule has 0 bridgehead atoms. The zero-order valence-corrected chi connectivity index (χ0v) is 17.0. The number of hydrogen-bond acceptors (Lipinski definition) is 6. The number of rotatable bonds is 5. The zero-order valence-electron chi connectivity index (χ0n) is 17.0. The molecule has 5 rings (SSSR count). The van der Waals surface area contributed by atoms with E-state index in [0.29, 0.717) is 6.61 Å². The van der Waals surface area contributed by atoms with Gasteiger partial charge in [0.05, 0.1) is 23.3 Å². The number of hydrogen-bond donors (Lipinski definition) is 0. The van der Waals surface area contributed by atoms with E-state index >= 15 is 0 Å². The van der Waals surface area contributed by atoms with Crippen molar-refractivity contribution in [1.82, 2.24) is 5.01 Å². The first-order valence-electron chi connectivity index (χ1n) is 10.2. The van der Waals surface area contributed by atoms with Crippen molar-refractivity contribution in [3.8, 4) is 11.5 Å². The molecule has 0 amide bonds. The second-order valence-electron chi connectivity index (χ2n) is 7.46. The van der Waals surface area contributed by atoms with Gasteiger partial charge in [0.2, 0.25) is 6.23 Å². The predicted molar refractivity (Wildman–Crippen MR) is 116 cm³/mol. The average Bonchev–Trinajstić information content (AvgIpc) is 3.25. The summed E-state index contributed by atoms with van der Waals surface area (Å²) in [6.45, 7) is 2.59. The first kappa shape index (κ1) is 19.1. The summed E-state index contributed by atoms with van der Waals surface area (Å²) in [5, 5.41) is 17.9. The Kier molecular flexibility index (Phi) is 4.78. The smallest absolute Gasteiger partial charge is 0.269 e. The van der Waals surface area contributed by atoms with Crippen LogP contribution in [0, 0.1) is 10.1 Å². The van der Waals surface area contributed by atoms with Gasteiger partial charge in [0, 0.05) is 29.7 Å². The Balaban J connectivity index is 1.51. The monoisotopic (exact) mass is 415 g/mol. The molecule has 0 spiro atoms. The lowest BCUT2D eigenvalue weighted by atomic mass is 9.96. The van der Waals surface area contributed by atoms with Crippen molar-refractivity contribution in [2.45, 2.75) is 25.6 Å². The van der Waals surface area contributed by atoms with Crippen LogP contribution in [0.5, 0.6) is 11.5 Å². The van der Waals surface area contributed by atoms with E-state index in [1.165, 1.54) is 12.1 Å². The van der Waals surface area contributed by atoms with Gasteiger partial charge in [-0.15, -0.1) is 0 Å². The Bertz CT molecular complexity index is 1140. The van der Waals surface area contributed by atoms with Gasteiger partial charge in [-0.25, -0.2) is 5.01 Å². The summed E-state index contributed by atoms with van der Waals surface area (Å²) in [6.07, 6.45) is 0.290. The van der Waals surface area contributed by atoms with E-state index in [-0.39, 0.29) is 11.7 Å². The summed E-state index contributed by atoms with van der Waals surface area (Å²) >= 11 is 0. The van der Waals surface area contributed by atoms with Crippen molar-refractivity contribution in [1.29, 1.82) is 0 Å². The largest absolute Gasteiger partial charge is 0.494 e. The Labute approximate surface area is 179 Å². The molecular formula is C24H21N3O4. The first-order valence-corrected chi connectivity index (χ1v) is 10.2. The van der Waals surface area contributed by atoms with Crippen LogP contribution in [-0.4, -0.2) is 22.3 Å². The third-order valence-electron chi connectivity index (χ3n) is 5.59. The maximum absolute atomic E-state index is 11.0. The molecule has 0 aromatic heterocycles. The molecule has 0 radical (unpaired) electrons. The van der Waals surface area contributed by atoms with Crippen LogP contribution < -0.4 is 9.47 Å². The molecule has 156 valence electrons. The number of ether oxygens (including phenoxy) is 2. The Morgan fingerprint density at radius 1 is 1.10 bits per heavy atom. The molecule has 0 N–H and O–H groups in total. The number of nitrogens with zero attached hydrogens (tertiary/aromatic N) is 3. The lowest BCUT2D eigenvalue weighted by Crippen LogP contribution is -2.33. The molecule has 3 aromatic carbocycles. The molecule has 2 atom stereocenters. The number of nitro groups is 1. The molecule has 0 saturated carbocycles. The summed E-state index contributed by atoms with van der Waals surface area (Å²) in [5.41, 5.74) is 3.97. The topological polar surface area (TPSA) is 77.2 Å². The van der Waals surface area contributed by atoms with Gasteiger partial charge in [-0.2, -0.15) is 5.10 Å². The van der Waals surface area contributed by atoms with Crippen LogP contribution in [0.15, 0.2) is 77.9 Å². The Morgan fingerprint density at radius 3 is 2.55 bits per heavy atom. The number of para-hydroxylation sites is 1. The third kappa shape index (κ3) is 3.48. The second kappa shape index (κ2) is 7.75. The van der Waals surface area contributed by atoms with Crippen LogP contribution in [0.25, 0.3) is 0 Å². The van der Waals surface area contributed by atoms with Crippen molar-refractivity contribution in [3.05, 3.63) is 99.6 Å². The lowest BCUT2D eigenvalue weighted by Gasteiger charge is -2.38. The highest BCUT2D eigenvalue weighted by Crippen LogP contribution is 2.47. The third-order valence-corrected chi connectivity index (χ3v) is 5.59. The zero-order chi connectivity index (χ0) is 21.4. The summed E-state index contributed by atoms with van der Waals surface area (Å²) < 4.78 is 11.8. The van der Waals surface area contributed by atoms with Crippen molar-refractivity contribution in [2.24, 2.45) is 5.10 Å². The van der Waals surface area contributed by atoms with Crippen LogP contribution in [0.1, 0.15) is 42.3 Å². The normalized spacial score (nSPS) is 19.1. The fourth-order valence-electron chi connectivity index (χ4n) is 4.10. The van der Waals surface area contributed by atoms with E-state index in [4.69, 9.17) is 14.6 Å².